The molecule has 1 heterocycles. The molecule has 0 saturated carbocycles. The maximum atomic E-state index is 3.47. The summed E-state index contributed by atoms with van der Waals surface area (Å²) in [6, 6.07) is 0. The summed E-state index contributed by atoms with van der Waals surface area (Å²) in [5, 5.41) is 3.47. The van der Waals surface area contributed by atoms with E-state index in [1.54, 1.807) is 0 Å². The minimum Gasteiger partial charge on any atom is -0.317 e. The standard InChI is InChI=1S/C14H31N3/c1-5-10-17(12-11-16(3)4)13-14(2)6-8-15-9-7-14/h15H,5-13H2,1-4H3. The lowest BCUT2D eigenvalue weighted by Crippen LogP contribution is -2.44. The van der Waals surface area contributed by atoms with Crippen molar-refractivity contribution < 1.29 is 0 Å². The van der Waals surface area contributed by atoms with Crippen molar-refractivity contribution in [2.45, 2.75) is 33.1 Å². The molecule has 0 bridgehead atoms. The first kappa shape index (κ1) is 14.9. The molecule has 1 saturated heterocycles. The van der Waals surface area contributed by atoms with Gasteiger partial charge in [0.05, 0.1) is 0 Å². The van der Waals surface area contributed by atoms with E-state index in [1.807, 2.05) is 0 Å². The van der Waals surface area contributed by atoms with Crippen LogP contribution in [0.2, 0.25) is 0 Å². The van der Waals surface area contributed by atoms with E-state index in [2.05, 4.69) is 43.1 Å². The van der Waals surface area contributed by atoms with E-state index in [9.17, 15) is 0 Å². The third kappa shape index (κ3) is 5.84. The highest BCUT2D eigenvalue weighted by atomic mass is 15.2. The van der Waals surface area contributed by atoms with Crippen LogP contribution >= 0.6 is 0 Å². The normalized spacial score (nSPS) is 20.1. The van der Waals surface area contributed by atoms with Gasteiger partial charge in [-0.15, -0.1) is 0 Å². The summed E-state index contributed by atoms with van der Waals surface area (Å²) >= 11 is 0. The predicted molar refractivity (Wildman–Crippen MR) is 75.5 cm³/mol. The van der Waals surface area contributed by atoms with Crippen molar-refractivity contribution in [3.63, 3.8) is 0 Å². The first-order valence-corrected chi connectivity index (χ1v) is 7.13. The van der Waals surface area contributed by atoms with Gasteiger partial charge < -0.3 is 15.1 Å². The third-order valence-electron chi connectivity index (χ3n) is 3.82. The second-order valence-corrected chi connectivity index (χ2v) is 6.14. The first-order valence-electron chi connectivity index (χ1n) is 7.13. The summed E-state index contributed by atoms with van der Waals surface area (Å²) in [4.78, 5) is 4.94. The second-order valence-electron chi connectivity index (χ2n) is 6.14. The lowest BCUT2D eigenvalue weighted by Gasteiger charge is -2.39. The molecule has 1 aliphatic rings. The summed E-state index contributed by atoms with van der Waals surface area (Å²) < 4.78 is 0. The Hall–Kier alpha value is -0.120. The highest BCUT2D eigenvalue weighted by Crippen LogP contribution is 2.28. The van der Waals surface area contributed by atoms with E-state index in [-0.39, 0.29) is 0 Å². The van der Waals surface area contributed by atoms with Crippen LogP contribution in [0.15, 0.2) is 0 Å². The molecule has 0 aromatic carbocycles. The van der Waals surface area contributed by atoms with Crippen LogP contribution in [0.5, 0.6) is 0 Å². The minimum atomic E-state index is 0.534. The monoisotopic (exact) mass is 241 g/mol. The Bertz CT molecular complexity index is 198. The average molecular weight is 241 g/mol. The van der Waals surface area contributed by atoms with E-state index in [4.69, 9.17) is 0 Å². The van der Waals surface area contributed by atoms with Gasteiger partial charge >= 0.3 is 0 Å². The maximum Gasteiger partial charge on any atom is 0.0109 e. The molecule has 0 aromatic rings. The van der Waals surface area contributed by atoms with Gasteiger partial charge in [0.25, 0.3) is 0 Å². The van der Waals surface area contributed by atoms with Gasteiger partial charge in [0.1, 0.15) is 0 Å². The number of hydrogen-bond donors (Lipinski definition) is 1. The fraction of sp³-hybridized carbons (Fsp3) is 1.00. The molecule has 3 heteroatoms. The predicted octanol–water partition coefficient (Wildman–Crippen LogP) is 1.65. The van der Waals surface area contributed by atoms with Crippen molar-refractivity contribution >= 4 is 0 Å². The quantitative estimate of drug-likeness (QED) is 0.731. The SMILES string of the molecule is CCCN(CCN(C)C)CC1(C)CCNCC1. The van der Waals surface area contributed by atoms with Gasteiger partial charge in [-0.2, -0.15) is 0 Å². The van der Waals surface area contributed by atoms with Gasteiger partial charge in [-0.3, -0.25) is 0 Å². The second kappa shape index (κ2) is 7.34. The molecule has 3 nitrogen and oxygen atoms in total. The summed E-state index contributed by atoms with van der Waals surface area (Å²) in [6.07, 6.45) is 3.92. The third-order valence-corrected chi connectivity index (χ3v) is 3.82. The van der Waals surface area contributed by atoms with Gasteiger partial charge in [0.15, 0.2) is 0 Å². The molecule has 0 unspecified atom stereocenters. The highest BCUT2D eigenvalue weighted by molar-refractivity contribution is 4.83. The number of hydrogen-bond acceptors (Lipinski definition) is 3. The molecule has 102 valence electrons. The summed E-state index contributed by atoms with van der Waals surface area (Å²) in [5.41, 5.74) is 0.534. The van der Waals surface area contributed by atoms with Crippen molar-refractivity contribution in [1.82, 2.24) is 15.1 Å². The Labute approximate surface area is 108 Å². The van der Waals surface area contributed by atoms with Gasteiger partial charge in [-0.1, -0.05) is 13.8 Å². The summed E-state index contributed by atoms with van der Waals surface area (Å²) in [5.74, 6) is 0. The largest absolute Gasteiger partial charge is 0.317 e. The zero-order chi connectivity index (χ0) is 12.7. The fourth-order valence-corrected chi connectivity index (χ4v) is 2.66. The smallest absolute Gasteiger partial charge is 0.0109 e. The van der Waals surface area contributed by atoms with E-state index in [0.29, 0.717) is 5.41 Å². The van der Waals surface area contributed by atoms with Crippen LogP contribution in [0.25, 0.3) is 0 Å². The topological polar surface area (TPSA) is 18.5 Å². The molecule has 1 N–H and O–H groups in total. The van der Waals surface area contributed by atoms with Crippen molar-refractivity contribution in [1.29, 1.82) is 0 Å². The van der Waals surface area contributed by atoms with Crippen LogP contribution in [-0.4, -0.2) is 63.2 Å². The minimum absolute atomic E-state index is 0.534. The van der Waals surface area contributed by atoms with Crippen molar-refractivity contribution in [3.05, 3.63) is 0 Å². The van der Waals surface area contributed by atoms with E-state index < -0.39 is 0 Å². The van der Waals surface area contributed by atoms with Gasteiger partial charge in [-0.05, 0) is 58.4 Å². The zero-order valence-electron chi connectivity index (χ0n) is 12.3. The van der Waals surface area contributed by atoms with Crippen LogP contribution in [-0.2, 0) is 0 Å². The van der Waals surface area contributed by atoms with E-state index in [1.165, 1.54) is 58.5 Å². The molecular weight excluding hydrogens is 210 g/mol. The number of nitrogens with zero attached hydrogens (tertiary/aromatic N) is 2. The van der Waals surface area contributed by atoms with Crippen LogP contribution in [0.4, 0.5) is 0 Å². The lowest BCUT2D eigenvalue weighted by atomic mass is 9.80. The van der Waals surface area contributed by atoms with Crippen molar-refractivity contribution in [3.8, 4) is 0 Å². The Morgan fingerprint density at radius 3 is 2.24 bits per heavy atom. The molecule has 0 aliphatic carbocycles. The molecule has 0 radical (unpaired) electrons. The van der Waals surface area contributed by atoms with Crippen LogP contribution in [0.3, 0.4) is 0 Å². The lowest BCUT2D eigenvalue weighted by molar-refractivity contribution is 0.121. The average Bonchev–Trinajstić information content (AvgIpc) is 2.27. The summed E-state index contributed by atoms with van der Waals surface area (Å²) in [6.45, 7) is 12.1. The Morgan fingerprint density at radius 1 is 1.06 bits per heavy atom. The van der Waals surface area contributed by atoms with Crippen LogP contribution < -0.4 is 5.32 Å². The molecule has 1 fully saturated rings. The number of likely N-dealkylation sites (N-methyl/N-ethyl adjacent to an activating group) is 1. The Morgan fingerprint density at radius 2 is 1.71 bits per heavy atom. The Kier molecular flexibility index (Phi) is 6.45. The number of piperidine rings is 1. The fourth-order valence-electron chi connectivity index (χ4n) is 2.66. The molecule has 1 aliphatic heterocycles. The van der Waals surface area contributed by atoms with Gasteiger partial charge in [0.2, 0.25) is 0 Å². The maximum absolute atomic E-state index is 3.47. The molecule has 0 amide bonds. The van der Waals surface area contributed by atoms with E-state index >= 15 is 0 Å². The Balaban J connectivity index is 2.40. The first-order chi connectivity index (χ1) is 8.06. The summed E-state index contributed by atoms with van der Waals surface area (Å²) in [7, 11) is 4.33. The molecule has 0 spiro atoms. The van der Waals surface area contributed by atoms with E-state index in [0.717, 1.165) is 0 Å². The van der Waals surface area contributed by atoms with Crippen molar-refractivity contribution in [2.75, 3.05) is 53.4 Å². The molecule has 17 heavy (non-hydrogen) atoms. The molecule has 0 aromatic heterocycles. The van der Waals surface area contributed by atoms with Crippen LogP contribution in [0, 0.1) is 5.41 Å². The van der Waals surface area contributed by atoms with Crippen molar-refractivity contribution in [2.24, 2.45) is 5.41 Å². The van der Waals surface area contributed by atoms with Gasteiger partial charge in [0, 0.05) is 19.6 Å². The highest BCUT2D eigenvalue weighted by Gasteiger charge is 2.28. The van der Waals surface area contributed by atoms with Crippen LogP contribution in [0.1, 0.15) is 33.1 Å². The molecular formula is C14H31N3. The molecule has 1 rings (SSSR count). The number of rotatable bonds is 7. The number of nitrogens with one attached hydrogen (secondary N) is 1. The van der Waals surface area contributed by atoms with Gasteiger partial charge in [-0.25, -0.2) is 0 Å². The molecule has 0 atom stereocenters. The zero-order valence-corrected chi connectivity index (χ0v) is 12.3.